The first-order valence-corrected chi connectivity index (χ1v) is 12.8. The number of nitrogens with one attached hydrogen (secondary N) is 1. The number of piperidine rings is 1. The number of amides is 1. The molecule has 1 N–H and O–H groups in total. The average Bonchev–Trinajstić information content (AvgIpc) is 2.78. The highest BCUT2D eigenvalue weighted by atomic mass is 32.2. The standard InChI is InChI=1S/C24H33N3O4S/c1-19(27(32(3,29)30)22-11-13-23(31-2)14-12-22)24(28)25-17-20-7-9-21(10-8-20)18-26-15-5-4-6-16-26/h7-14,19H,4-6,15-18H2,1-3H3,(H,25,28)/t19-/m1/s1. The molecule has 1 heterocycles. The SMILES string of the molecule is COc1ccc(N([C@H](C)C(=O)NCc2ccc(CN3CCCCC3)cc2)S(C)(=O)=O)cc1. The largest absolute Gasteiger partial charge is 0.497 e. The van der Waals surface area contributed by atoms with Crippen LogP contribution in [0.15, 0.2) is 48.5 Å². The summed E-state index contributed by atoms with van der Waals surface area (Å²) in [5.41, 5.74) is 2.65. The van der Waals surface area contributed by atoms with Gasteiger partial charge >= 0.3 is 0 Å². The number of benzene rings is 2. The van der Waals surface area contributed by atoms with E-state index < -0.39 is 16.1 Å². The van der Waals surface area contributed by atoms with Crippen LogP contribution >= 0.6 is 0 Å². The molecule has 174 valence electrons. The van der Waals surface area contributed by atoms with E-state index in [9.17, 15) is 13.2 Å². The van der Waals surface area contributed by atoms with E-state index in [0.29, 0.717) is 18.0 Å². The summed E-state index contributed by atoms with van der Waals surface area (Å²) in [5.74, 6) is 0.256. The van der Waals surface area contributed by atoms with Crippen LogP contribution in [0.1, 0.15) is 37.3 Å². The third-order valence-corrected chi connectivity index (χ3v) is 7.00. The van der Waals surface area contributed by atoms with Crippen molar-refractivity contribution in [3.8, 4) is 5.75 Å². The van der Waals surface area contributed by atoms with E-state index in [1.54, 1.807) is 38.3 Å². The summed E-state index contributed by atoms with van der Waals surface area (Å²) >= 11 is 0. The molecule has 0 saturated carbocycles. The fraction of sp³-hybridized carbons (Fsp3) is 0.458. The van der Waals surface area contributed by atoms with Crippen molar-refractivity contribution < 1.29 is 17.9 Å². The van der Waals surface area contributed by atoms with Crippen LogP contribution in [0.4, 0.5) is 5.69 Å². The van der Waals surface area contributed by atoms with Crippen LogP contribution in [0.5, 0.6) is 5.75 Å². The van der Waals surface area contributed by atoms with Crippen LogP contribution < -0.4 is 14.4 Å². The van der Waals surface area contributed by atoms with Crippen molar-refractivity contribution in [3.05, 3.63) is 59.7 Å². The Morgan fingerprint density at radius 3 is 2.19 bits per heavy atom. The summed E-state index contributed by atoms with van der Waals surface area (Å²) in [7, 11) is -2.12. The van der Waals surface area contributed by atoms with Gasteiger partial charge in [0.1, 0.15) is 11.8 Å². The van der Waals surface area contributed by atoms with E-state index in [4.69, 9.17) is 4.74 Å². The Morgan fingerprint density at radius 1 is 1.03 bits per heavy atom. The van der Waals surface area contributed by atoms with Crippen molar-refractivity contribution in [1.29, 1.82) is 0 Å². The number of nitrogens with zero attached hydrogens (tertiary/aromatic N) is 2. The highest BCUT2D eigenvalue weighted by Gasteiger charge is 2.29. The molecule has 1 aliphatic rings. The topological polar surface area (TPSA) is 79.0 Å². The first-order valence-electron chi connectivity index (χ1n) is 11.0. The summed E-state index contributed by atoms with van der Waals surface area (Å²) < 4.78 is 31.1. The Bertz CT molecular complexity index is 985. The van der Waals surface area contributed by atoms with E-state index in [-0.39, 0.29) is 5.91 Å². The van der Waals surface area contributed by atoms with Crippen LogP contribution in [0.25, 0.3) is 0 Å². The third-order valence-electron chi connectivity index (χ3n) is 5.76. The molecule has 1 aliphatic heterocycles. The maximum Gasteiger partial charge on any atom is 0.243 e. The molecule has 2 aromatic carbocycles. The Labute approximate surface area is 191 Å². The molecule has 1 amide bonds. The summed E-state index contributed by atoms with van der Waals surface area (Å²) in [6.07, 6.45) is 4.96. The fourth-order valence-corrected chi connectivity index (χ4v) is 5.19. The summed E-state index contributed by atoms with van der Waals surface area (Å²) in [5, 5.41) is 2.86. The monoisotopic (exact) mass is 459 g/mol. The average molecular weight is 460 g/mol. The van der Waals surface area contributed by atoms with Gasteiger partial charge in [-0.05, 0) is 68.2 Å². The van der Waals surface area contributed by atoms with Gasteiger partial charge in [0.05, 0.1) is 19.1 Å². The minimum atomic E-state index is -3.66. The van der Waals surface area contributed by atoms with Crippen molar-refractivity contribution in [2.75, 3.05) is 30.8 Å². The van der Waals surface area contributed by atoms with Crippen LogP contribution in [0.2, 0.25) is 0 Å². The van der Waals surface area contributed by atoms with Crippen LogP contribution in [-0.2, 0) is 27.9 Å². The van der Waals surface area contributed by atoms with Gasteiger partial charge in [-0.1, -0.05) is 30.7 Å². The maximum atomic E-state index is 12.8. The molecule has 1 saturated heterocycles. The lowest BCUT2D eigenvalue weighted by atomic mass is 10.1. The molecular formula is C24H33N3O4S. The zero-order valence-corrected chi connectivity index (χ0v) is 19.9. The van der Waals surface area contributed by atoms with E-state index in [1.807, 2.05) is 12.1 Å². The predicted octanol–water partition coefficient (Wildman–Crippen LogP) is 3.15. The van der Waals surface area contributed by atoms with Gasteiger partial charge < -0.3 is 10.1 Å². The zero-order valence-electron chi connectivity index (χ0n) is 19.1. The Kier molecular flexibility index (Phi) is 8.15. The highest BCUT2D eigenvalue weighted by molar-refractivity contribution is 7.92. The molecule has 8 heteroatoms. The Hall–Kier alpha value is -2.58. The summed E-state index contributed by atoms with van der Waals surface area (Å²) in [4.78, 5) is 15.3. The maximum absolute atomic E-state index is 12.8. The molecule has 3 rings (SSSR count). The molecule has 1 fully saturated rings. The first-order chi connectivity index (χ1) is 15.3. The second-order valence-corrected chi connectivity index (χ2v) is 10.2. The zero-order chi connectivity index (χ0) is 23.1. The lowest BCUT2D eigenvalue weighted by molar-refractivity contribution is -0.122. The Balaban J connectivity index is 1.60. The molecule has 32 heavy (non-hydrogen) atoms. The number of methoxy groups -OCH3 is 1. The van der Waals surface area contributed by atoms with Gasteiger partial charge in [0, 0.05) is 13.1 Å². The van der Waals surface area contributed by atoms with E-state index in [2.05, 4.69) is 22.3 Å². The molecule has 2 aromatic rings. The molecular weight excluding hydrogens is 426 g/mol. The highest BCUT2D eigenvalue weighted by Crippen LogP contribution is 2.24. The summed E-state index contributed by atoms with van der Waals surface area (Å²) in [6, 6.07) is 13.9. The number of rotatable bonds is 9. The molecule has 0 aromatic heterocycles. The van der Waals surface area contributed by atoms with Crippen LogP contribution in [0, 0.1) is 0 Å². The van der Waals surface area contributed by atoms with Crippen molar-refractivity contribution in [2.24, 2.45) is 0 Å². The first kappa shape index (κ1) is 24.1. The minimum absolute atomic E-state index is 0.341. The van der Waals surface area contributed by atoms with Gasteiger partial charge in [-0.2, -0.15) is 0 Å². The molecule has 0 bridgehead atoms. The Morgan fingerprint density at radius 2 is 1.62 bits per heavy atom. The van der Waals surface area contributed by atoms with Crippen LogP contribution in [-0.4, -0.2) is 51.7 Å². The lowest BCUT2D eigenvalue weighted by Crippen LogP contribution is -2.47. The number of anilines is 1. The van der Waals surface area contributed by atoms with E-state index in [0.717, 1.165) is 35.8 Å². The van der Waals surface area contributed by atoms with Crippen molar-refractivity contribution in [3.63, 3.8) is 0 Å². The predicted molar refractivity (Wildman–Crippen MR) is 127 cm³/mol. The van der Waals surface area contributed by atoms with Gasteiger partial charge in [-0.25, -0.2) is 8.42 Å². The lowest BCUT2D eigenvalue weighted by Gasteiger charge is -2.28. The summed E-state index contributed by atoms with van der Waals surface area (Å²) in [6.45, 7) is 5.19. The number of carbonyl (C=O) groups excluding carboxylic acids is 1. The molecule has 1 atom stereocenters. The second kappa shape index (κ2) is 10.8. The minimum Gasteiger partial charge on any atom is -0.497 e. The van der Waals surface area contributed by atoms with Gasteiger partial charge in [0.25, 0.3) is 0 Å². The second-order valence-electron chi connectivity index (χ2n) is 8.30. The van der Waals surface area contributed by atoms with Gasteiger partial charge in [-0.3, -0.25) is 14.0 Å². The van der Waals surface area contributed by atoms with Crippen LogP contribution in [0.3, 0.4) is 0 Å². The number of carbonyl (C=O) groups is 1. The van der Waals surface area contributed by atoms with E-state index >= 15 is 0 Å². The van der Waals surface area contributed by atoms with Crippen molar-refractivity contribution in [1.82, 2.24) is 10.2 Å². The number of hydrogen-bond acceptors (Lipinski definition) is 5. The third kappa shape index (κ3) is 6.46. The molecule has 0 radical (unpaired) electrons. The quantitative estimate of drug-likeness (QED) is 0.623. The molecule has 0 spiro atoms. The number of ether oxygens (including phenoxy) is 1. The molecule has 0 unspecified atom stereocenters. The molecule has 0 aliphatic carbocycles. The fourth-order valence-electron chi connectivity index (χ4n) is 4.01. The molecule has 7 nitrogen and oxygen atoms in total. The number of sulfonamides is 1. The number of likely N-dealkylation sites (tertiary alicyclic amines) is 1. The van der Waals surface area contributed by atoms with Gasteiger partial charge in [-0.15, -0.1) is 0 Å². The van der Waals surface area contributed by atoms with Gasteiger partial charge in [0.2, 0.25) is 15.9 Å². The van der Waals surface area contributed by atoms with E-state index in [1.165, 1.54) is 24.8 Å². The smallest absolute Gasteiger partial charge is 0.243 e. The van der Waals surface area contributed by atoms with Gasteiger partial charge in [0.15, 0.2) is 0 Å². The number of hydrogen-bond donors (Lipinski definition) is 1. The van der Waals surface area contributed by atoms with Crippen molar-refractivity contribution in [2.45, 2.75) is 45.3 Å². The van der Waals surface area contributed by atoms with Crippen molar-refractivity contribution >= 4 is 21.6 Å². The normalized spacial score (nSPS) is 15.7.